The van der Waals surface area contributed by atoms with Gasteiger partial charge in [-0.05, 0) is 24.2 Å². The van der Waals surface area contributed by atoms with Crippen molar-refractivity contribution in [2.75, 3.05) is 6.54 Å². The van der Waals surface area contributed by atoms with Crippen molar-refractivity contribution in [3.63, 3.8) is 0 Å². The molecule has 3 aliphatic rings. The molecule has 3 atom stereocenters. The fourth-order valence-corrected chi connectivity index (χ4v) is 2.81. The van der Waals surface area contributed by atoms with Gasteiger partial charge in [0.15, 0.2) is 0 Å². The second-order valence-electron chi connectivity index (χ2n) is 4.19. The molecule has 1 unspecified atom stereocenters. The van der Waals surface area contributed by atoms with Crippen LogP contribution in [0.25, 0.3) is 0 Å². The summed E-state index contributed by atoms with van der Waals surface area (Å²) in [4.78, 5) is 12.5. The predicted octanol–water partition coefficient (Wildman–Crippen LogP) is 1.12. The van der Waals surface area contributed by atoms with Crippen molar-refractivity contribution in [2.45, 2.75) is 26.3 Å². The van der Waals surface area contributed by atoms with Crippen LogP contribution in [-0.4, -0.2) is 23.9 Å². The van der Waals surface area contributed by atoms with Gasteiger partial charge in [0.05, 0.1) is 0 Å². The van der Waals surface area contributed by atoms with E-state index in [1.165, 1.54) is 6.42 Å². The van der Waals surface area contributed by atoms with E-state index in [1.807, 2.05) is 4.90 Å². The number of amides is 1. The number of hydrogen-bond donors (Lipinski definition) is 0. The molecule has 11 heavy (non-hydrogen) atoms. The molecular formula is C9H15NO. The van der Waals surface area contributed by atoms with Crippen molar-refractivity contribution in [3.8, 4) is 0 Å². The van der Waals surface area contributed by atoms with E-state index in [9.17, 15) is 4.79 Å². The lowest BCUT2D eigenvalue weighted by atomic mass is 9.68. The highest BCUT2D eigenvalue weighted by Crippen LogP contribution is 2.48. The van der Waals surface area contributed by atoms with Crippen LogP contribution in [0.15, 0.2) is 0 Å². The van der Waals surface area contributed by atoms with Gasteiger partial charge >= 0.3 is 0 Å². The van der Waals surface area contributed by atoms with E-state index in [0.29, 0.717) is 6.04 Å². The Bertz CT molecular complexity index is 178. The molecule has 2 aliphatic heterocycles. The van der Waals surface area contributed by atoms with E-state index in [0.717, 1.165) is 30.7 Å². The zero-order chi connectivity index (χ0) is 8.01. The van der Waals surface area contributed by atoms with Crippen molar-refractivity contribution in [3.05, 3.63) is 0 Å². The average molecular weight is 153 g/mol. The van der Waals surface area contributed by atoms with Gasteiger partial charge in [-0.2, -0.15) is 0 Å². The minimum Gasteiger partial charge on any atom is -0.342 e. The molecule has 2 saturated heterocycles. The van der Waals surface area contributed by atoms with Crippen molar-refractivity contribution in [2.24, 2.45) is 17.8 Å². The fourth-order valence-electron chi connectivity index (χ4n) is 2.81. The van der Waals surface area contributed by atoms with Crippen LogP contribution in [0.4, 0.5) is 0 Å². The Hall–Kier alpha value is -0.530. The van der Waals surface area contributed by atoms with E-state index in [-0.39, 0.29) is 0 Å². The highest BCUT2D eigenvalue weighted by atomic mass is 16.1. The van der Waals surface area contributed by atoms with E-state index < -0.39 is 0 Å². The molecule has 3 rings (SSSR count). The summed E-state index contributed by atoms with van der Waals surface area (Å²) >= 11 is 0. The zero-order valence-corrected chi connectivity index (χ0v) is 7.16. The third-order valence-electron chi connectivity index (χ3n) is 3.31. The summed E-state index contributed by atoms with van der Waals surface area (Å²) in [6, 6.07) is 0.595. The number of nitrogens with zero attached hydrogens (tertiary/aromatic N) is 1. The SMILES string of the molecule is CC(C)C1[C@@H]2C[C@H]1N(C=O)C2. The number of fused-ring (bicyclic) bond motifs is 1. The first-order chi connectivity index (χ1) is 5.24. The van der Waals surface area contributed by atoms with Crippen LogP contribution in [0.1, 0.15) is 20.3 Å². The lowest BCUT2D eigenvalue weighted by molar-refractivity contribution is -0.119. The first kappa shape index (κ1) is 7.14. The van der Waals surface area contributed by atoms with Crippen LogP contribution < -0.4 is 0 Å². The molecule has 0 aromatic carbocycles. The summed E-state index contributed by atoms with van der Waals surface area (Å²) in [6.45, 7) is 5.55. The molecule has 2 heterocycles. The Kier molecular flexibility index (Phi) is 1.44. The van der Waals surface area contributed by atoms with Gasteiger partial charge in [0.1, 0.15) is 0 Å². The van der Waals surface area contributed by atoms with Crippen LogP contribution in [-0.2, 0) is 4.79 Å². The summed E-state index contributed by atoms with van der Waals surface area (Å²) in [5.41, 5.74) is 0. The van der Waals surface area contributed by atoms with Gasteiger partial charge in [0.2, 0.25) is 6.41 Å². The molecule has 0 N–H and O–H groups in total. The van der Waals surface area contributed by atoms with Gasteiger partial charge in [-0.25, -0.2) is 0 Å². The zero-order valence-electron chi connectivity index (χ0n) is 7.16. The Morgan fingerprint density at radius 2 is 2.27 bits per heavy atom. The summed E-state index contributed by atoms with van der Waals surface area (Å²) in [6.07, 6.45) is 2.29. The summed E-state index contributed by atoms with van der Waals surface area (Å²) in [5, 5.41) is 0. The predicted molar refractivity (Wildman–Crippen MR) is 43.0 cm³/mol. The second-order valence-corrected chi connectivity index (χ2v) is 4.19. The largest absolute Gasteiger partial charge is 0.342 e. The lowest BCUT2D eigenvalue weighted by Crippen LogP contribution is -2.41. The van der Waals surface area contributed by atoms with Gasteiger partial charge in [0, 0.05) is 12.6 Å². The molecule has 1 saturated carbocycles. The number of carbonyl (C=O) groups is 1. The normalized spacial score (nSPS) is 41.0. The average Bonchev–Trinajstić information content (AvgIpc) is 2.39. The van der Waals surface area contributed by atoms with E-state index in [4.69, 9.17) is 0 Å². The maximum Gasteiger partial charge on any atom is 0.209 e. The number of hydrogen-bond acceptors (Lipinski definition) is 1. The Balaban J connectivity index is 2.06. The quantitative estimate of drug-likeness (QED) is 0.544. The third kappa shape index (κ3) is 0.815. The molecule has 1 aliphatic carbocycles. The maximum atomic E-state index is 10.5. The van der Waals surface area contributed by atoms with Gasteiger partial charge < -0.3 is 4.90 Å². The number of carbonyl (C=O) groups excluding carboxylic acids is 1. The molecule has 1 amide bonds. The third-order valence-corrected chi connectivity index (χ3v) is 3.31. The highest BCUT2D eigenvalue weighted by molar-refractivity contribution is 5.50. The Morgan fingerprint density at radius 3 is 2.64 bits per heavy atom. The van der Waals surface area contributed by atoms with Crippen molar-refractivity contribution in [1.82, 2.24) is 4.90 Å². The molecular weight excluding hydrogens is 138 g/mol. The van der Waals surface area contributed by atoms with Crippen molar-refractivity contribution < 1.29 is 4.79 Å². The lowest BCUT2D eigenvalue weighted by Gasteiger charge is -2.38. The number of rotatable bonds is 2. The molecule has 0 radical (unpaired) electrons. The molecule has 0 aromatic heterocycles. The molecule has 0 spiro atoms. The van der Waals surface area contributed by atoms with Crippen LogP contribution >= 0.6 is 0 Å². The van der Waals surface area contributed by atoms with Gasteiger partial charge in [-0.1, -0.05) is 13.8 Å². The summed E-state index contributed by atoms with van der Waals surface area (Å²) < 4.78 is 0. The fraction of sp³-hybridized carbons (Fsp3) is 0.889. The maximum absolute atomic E-state index is 10.5. The van der Waals surface area contributed by atoms with Crippen molar-refractivity contribution >= 4 is 6.41 Å². The first-order valence-corrected chi connectivity index (χ1v) is 4.45. The van der Waals surface area contributed by atoms with Crippen LogP contribution in [0.5, 0.6) is 0 Å². The highest BCUT2D eigenvalue weighted by Gasteiger charge is 2.52. The minimum atomic E-state index is 0.595. The van der Waals surface area contributed by atoms with Gasteiger partial charge in [-0.15, -0.1) is 0 Å². The van der Waals surface area contributed by atoms with Crippen molar-refractivity contribution in [1.29, 1.82) is 0 Å². The molecule has 62 valence electrons. The Morgan fingerprint density at radius 1 is 1.55 bits per heavy atom. The standard InChI is InChI=1S/C9H15NO/c1-6(2)9-7-3-8(9)10(4-7)5-11/h5-9H,3-4H2,1-2H3/t7-,8-,9?/m1/s1. The summed E-state index contributed by atoms with van der Waals surface area (Å²) in [5.74, 6) is 2.38. The molecule has 0 aromatic rings. The van der Waals surface area contributed by atoms with Crippen LogP contribution in [0.2, 0.25) is 0 Å². The first-order valence-electron chi connectivity index (χ1n) is 4.45. The molecule has 2 nitrogen and oxygen atoms in total. The topological polar surface area (TPSA) is 20.3 Å². The van der Waals surface area contributed by atoms with E-state index in [2.05, 4.69) is 13.8 Å². The molecule has 2 bridgehead atoms. The molecule has 2 heteroatoms. The summed E-state index contributed by atoms with van der Waals surface area (Å²) in [7, 11) is 0. The van der Waals surface area contributed by atoms with E-state index >= 15 is 0 Å². The van der Waals surface area contributed by atoms with E-state index in [1.54, 1.807) is 0 Å². The van der Waals surface area contributed by atoms with Crippen LogP contribution in [0.3, 0.4) is 0 Å². The minimum absolute atomic E-state index is 0.595. The van der Waals surface area contributed by atoms with Gasteiger partial charge in [0.25, 0.3) is 0 Å². The second kappa shape index (κ2) is 2.23. The Labute approximate surface area is 67.6 Å². The monoisotopic (exact) mass is 153 g/mol. The van der Waals surface area contributed by atoms with Gasteiger partial charge in [-0.3, -0.25) is 4.79 Å². The smallest absolute Gasteiger partial charge is 0.209 e. The van der Waals surface area contributed by atoms with Crippen LogP contribution in [0, 0.1) is 17.8 Å². The molecule has 3 fully saturated rings.